The summed E-state index contributed by atoms with van der Waals surface area (Å²) in [6.07, 6.45) is -0.310. The van der Waals surface area contributed by atoms with E-state index in [1.54, 1.807) is 27.7 Å². The van der Waals surface area contributed by atoms with Crippen LogP contribution in [0.5, 0.6) is 0 Å². The molecule has 0 saturated carbocycles. The lowest BCUT2D eigenvalue weighted by Crippen LogP contribution is -2.37. The van der Waals surface area contributed by atoms with Crippen molar-refractivity contribution in [3.8, 4) is 0 Å². The van der Waals surface area contributed by atoms with E-state index in [-0.39, 0.29) is 45.7 Å². The van der Waals surface area contributed by atoms with Gasteiger partial charge in [-0.1, -0.05) is 0 Å². The van der Waals surface area contributed by atoms with Gasteiger partial charge in [-0.25, -0.2) is 0 Å². The number of amides is 1. The number of carboxylic acid groups (broad SMARTS) is 1. The summed E-state index contributed by atoms with van der Waals surface area (Å²) >= 11 is 0. The van der Waals surface area contributed by atoms with E-state index in [0.29, 0.717) is 0 Å². The van der Waals surface area contributed by atoms with Crippen LogP contribution in [-0.4, -0.2) is 48.9 Å². The van der Waals surface area contributed by atoms with Crippen molar-refractivity contribution in [2.24, 2.45) is 0 Å². The number of hydrogen-bond acceptors (Lipinski definition) is 8. The molecule has 0 aromatic rings. The summed E-state index contributed by atoms with van der Waals surface area (Å²) < 4.78 is 47.1. The van der Waals surface area contributed by atoms with Crippen LogP contribution in [0.4, 0.5) is 0 Å². The fourth-order valence-corrected chi connectivity index (χ4v) is 6.97. The molecular formula is C14H29NO9P2. The smallest absolute Gasteiger partial charge is 0.365 e. The first kappa shape index (κ1) is 25.2. The normalized spacial score (nSPS) is 12.3. The largest absolute Gasteiger partial charge is 0.481 e. The molecule has 0 spiro atoms. The summed E-state index contributed by atoms with van der Waals surface area (Å²) in [4.78, 5) is 22.7. The number of nitrogens with one attached hydrogen (secondary N) is 1. The molecule has 1 amide bonds. The van der Waals surface area contributed by atoms with Crippen LogP contribution in [0.25, 0.3) is 0 Å². The third-order valence-electron chi connectivity index (χ3n) is 2.92. The lowest BCUT2D eigenvalue weighted by molar-refractivity contribution is -0.137. The highest BCUT2D eigenvalue weighted by Crippen LogP contribution is 2.69. The zero-order valence-electron chi connectivity index (χ0n) is 15.6. The highest BCUT2D eigenvalue weighted by molar-refractivity contribution is 7.72. The van der Waals surface area contributed by atoms with Crippen LogP contribution in [-0.2, 0) is 36.8 Å². The second kappa shape index (κ2) is 12.6. The molecule has 0 aliphatic heterocycles. The SMILES string of the molecule is CCOP(=O)(OCC)C(NC(=O)CCCC(=O)O)P(=O)(OCC)OCC. The second-order valence-corrected chi connectivity index (χ2v) is 9.57. The van der Waals surface area contributed by atoms with Gasteiger partial charge in [0.15, 0.2) is 0 Å². The zero-order valence-corrected chi connectivity index (χ0v) is 17.4. The van der Waals surface area contributed by atoms with Crippen LogP contribution < -0.4 is 5.32 Å². The Morgan fingerprint density at radius 1 is 0.846 bits per heavy atom. The van der Waals surface area contributed by atoms with Gasteiger partial charge >= 0.3 is 21.2 Å². The molecule has 10 nitrogen and oxygen atoms in total. The maximum absolute atomic E-state index is 13.1. The van der Waals surface area contributed by atoms with Crippen molar-refractivity contribution in [1.29, 1.82) is 0 Å². The predicted octanol–water partition coefficient (Wildman–Crippen LogP) is 3.17. The first-order chi connectivity index (χ1) is 12.2. The van der Waals surface area contributed by atoms with Gasteiger partial charge in [-0.3, -0.25) is 18.7 Å². The van der Waals surface area contributed by atoms with Crippen LogP contribution in [0.2, 0.25) is 0 Å². The van der Waals surface area contributed by atoms with Gasteiger partial charge in [-0.05, 0) is 34.1 Å². The van der Waals surface area contributed by atoms with E-state index in [2.05, 4.69) is 5.32 Å². The average molecular weight is 417 g/mol. The summed E-state index contributed by atoms with van der Waals surface area (Å²) in [6, 6.07) is 0. The topological polar surface area (TPSA) is 137 Å². The molecule has 0 unspecified atom stereocenters. The third kappa shape index (κ3) is 8.29. The van der Waals surface area contributed by atoms with E-state index in [1.165, 1.54) is 0 Å². The van der Waals surface area contributed by atoms with Crippen molar-refractivity contribution in [1.82, 2.24) is 5.32 Å². The lowest BCUT2D eigenvalue weighted by atomic mass is 10.2. The Bertz CT molecular complexity index is 491. The predicted molar refractivity (Wildman–Crippen MR) is 95.1 cm³/mol. The maximum atomic E-state index is 13.1. The van der Waals surface area contributed by atoms with Crippen LogP contribution in [0, 0.1) is 0 Å². The van der Waals surface area contributed by atoms with Gasteiger partial charge in [-0.2, -0.15) is 0 Å². The summed E-state index contributed by atoms with van der Waals surface area (Å²) in [5, 5.41) is 11.0. The quantitative estimate of drug-likeness (QED) is 0.385. The van der Waals surface area contributed by atoms with E-state index in [4.69, 9.17) is 23.2 Å². The Hall–Kier alpha value is -0.760. The number of rotatable bonds is 15. The van der Waals surface area contributed by atoms with E-state index in [0.717, 1.165) is 0 Å². The first-order valence-corrected chi connectivity index (χ1v) is 11.7. The lowest BCUT2D eigenvalue weighted by Gasteiger charge is -2.31. The molecular weight excluding hydrogens is 388 g/mol. The molecule has 0 radical (unpaired) electrons. The molecule has 0 fully saturated rings. The van der Waals surface area contributed by atoms with Crippen molar-refractivity contribution in [3.05, 3.63) is 0 Å². The molecule has 26 heavy (non-hydrogen) atoms. The molecule has 0 heterocycles. The Balaban J connectivity index is 5.63. The minimum absolute atomic E-state index is 0.0130. The number of hydrogen-bond donors (Lipinski definition) is 2. The first-order valence-electron chi connectivity index (χ1n) is 8.47. The van der Waals surface area contributed by atoms with Crippen molar-refractivity contribution < 1.29 is 41.9 Å². The Morgan fingerprint density at radius 2 is 1.23 bits per heavy atom. The summed E-state index contributed by atoms with van der Waals surface area (Å²) in [5.41, 5.74) is -1.65. The second-order valence-electron chi connectivity index (χ2n) is 4.94. The van der Waals surface area contributed by atoms with Crippen molar-refractivity contribution >= 4 is 27.1 Å². The highest BCUT2D eigenvalue weighted by Gasteiger charge is 2.51. The standard InChI is InChI=1S/C14H29NO9P2/c1-5-21-25(19,22-6-2)14(26(20,23-7-3)24-8-4)15-12(16)10-9-11-13(17)18/h14H,5-11H2,1-4H3,(H,15,16)(H,17,18). The van der Waals surface area contributed by atoms with Gasteiger partial charge in [0.05, 0.1) is 26.4 Å². The summed E-state index contributed by atoms with van der Waals surface area (Å²) in [6.45, 7) is 6.24. The third-order valence-corrected chi connectivity index (χ3v) is 8.55. The van der Waals surface area contributed by atoms with Gasteiger partial charge in [0.1, 0.15) is 0 Å². The van der Waals surface area contributed by atoms with Gasteiger partial charge in [-0.15, -0.1) is 0 Å². The van der Waals surface area contributed by atoms with Crippen LogP contribution in [0.3, 0.4) is 0 Å². The van der Waals surface area contributed by atoms with Gasteiger partial charge in [0, 0.05) is 12.8 Å². The monoisotopic (exact) mass is 417 g/mol. The van der Waals surface area contributed by atoms with E-state index < -0.39 is 32.6 Å². The zero-order chi connectivity index (χ0) is 20.2. The number of carboxylic acids is 1. The molecule has 2 N–H and O–H groups in total. The van der Waals surface area contributed by atoms with Crippen molar-refractivity contribution in [2.75, 3.05) is 26.4 Å². The van der Waals surface area contributed by atoms with Gasteiger partial charge in [0.2, 0.25) is 11.4 Å². The molecule has 0 aromatic carbocycles. The number of carbonyl (C=O) groups excluding carboxylic acids is 1. The maximum Gasteiger partial charge on any atom is 0.365 e. The minimum atomic E-state index is -4.08. The van der Waals surface area contributed by atoms with Gasteiger partial charge in [0.25, 0.3) is 0 Å². The van der Waals surface area contributed by atoms with Crippen molar-refractivity contribution in [3.63, 3.8) is 0 Å². The van der Waals surface area contributed by atoms with Crippen LogP contribution in [0.15, 0.2) is 0 Å². The molecule has 0 bridgehead atoms. The van der Waals surface area contributed by atoms with E-state index in [1.807, 2.05) is 0 Å². The highest BCUT2D eigenvalue weighted by atomic mass is 31.2. The summed E-state index contributed by atoms with van der Waals surface area (Å²) in [5.74, 6) is -1.70. The van der Waals surface area contributed by atoms with Gasteiger partial charge < -0.3 is 28.5 Å². The molecule has 12 heteroatoms. The molecule has 0 aliphatic rings. The molecule has 0 saturated heterocycles. The molecule has 0 rings (SSSR count). The van der Waals surface area contributed by atoms with E-state index >= 15 is 0 Å². The molecule has 154 valence electrons. The summed E-state index contributed by atoms with van der Waals surface area (Å²) in [7, 11) is -8.15. The fraction of sp³-hybridized carbons (Fsp3) is 0.857. The Morgan fingerprint density at radius 3 is 1.54 bits per heavy atom. The van der Waals surface area contributed by atoms with Crippen LogP contribution >= 0.6 is 15.2 Å². The van der Waals surface area contributed by atoms with Crippen molar-refractivity contribution in [2.45, 2.75) is 52.5 Å². The number of aliphatic carboxylic acids is 1. The minimum Gasteiger partial charge on any atom is -0.481 e. The Kier molecular flexibility index (Phi) is 12.2. The molecule has 0 atom stereocenters. The fourth-order valence-electron chi connectivity index (χ4n) is 2.02. The number of carbonyl (C=O) groups is 2. The van der Waals surface area contributed by atoms with E-state index in [9.17, 15) is 18.7 Å². The molecule has 0 aromatic heterocycles. The molecule has 0 aliphatic carbocycles. The average Bonchev–Trinajstić information content (AvgIpc) is 2.53. The van der Waals surface area contributed by atoms with Crippen LogP contribution in [0.1, 0.15) is 47.0 Å². The Labute approximate surface area is 154 Å².